The summed E-state index contributed by atoms with van der Waals surface area (Å²) >= 11 is 0. The Morgan fingerprint density at radius 3 is 2.33 bits per heavy atom. The van der Waals surface area contributed by atoms with Gasteiger partial charge >= 0.3 is 5.69 Å². The lowest BCUT2D eigenvalue weighted by atomic mass is 10.1. The summed E-state index contributed by atoms with van der Waals surface area (Å²) in [6.45, 7) is 4.45. The van der Waals surface area contributed by atoms with Gasteiger partial charge in [-0.1, -0.05) is 12.1 Å². The van der Waals surface area contributed by atoms with Gasteiger partial charge in [-0.2, -0.15) is 0 Å². The number of imidazole rings is 1. The number of rotatable bonds is 5. The lowest BCUT2D eigenvalue weighted by Crippen LogP contribution is -2.24. The van der Waals surface area contributed by atoms with E-state index in [1.165, 1.54) is 6.92 Å². The van der Waals surface area contributed by atoms with Gasteiger partial charge in [-0.05, 0) is 44.2 Å². The van der Waals surface area contributed by atoms with E-state index < -0.39 is 0 Å². The molecule has 0 aliphatic carbocycles. The Bertz CT molecular complexity index is 966. The number of benzene rings is 2. The van der Waals surface area contributed by atoms with Gasteiger partial charge in [0.25, 0.3) is 0 Å². The average molecular weight is 324 g/mol. The maximum Gasteiger partial charge on any atom is 0.329 e. The van der Waals surface area contributed by atoms with Crippen LogP contribution in [-0.4, -0.2) is 22.0 Å². The van der Waals surface area contributed by atoms with Crippen LogP contribution in [0.15, 0.2) is 47.3 Å². The third-order valence-electron chi connectivity index (χ3n) is 4.26. The molecular weight excluding hydrogens is 304 g/mol. The fourth-order valence-electron chi connectivity index (χ4n) is 3.02. The fraction of sp³-hybridized carbons (Fsp3) is 0.263. The third kappa shape index (κ3) is 2.62. The van der Waals surface area contributed by atoms with Crippen LogP contribution in [0.1, 0.15) is 29.8 Å². The van der Waals surface area contributed by atoms with Crippen molar-refractivity contribution in [2.24, 2.45) is 0 Å². The van der Waals surface area contributed by atoms with Crippen LogP contribution in [-0.2, 0) is 13.1 Å². The van der Waals surface area contributed by atoms with E-state index in [1.54, 1.807) is 34.4 Å². The highest BCUT2D eigenvalue weighted by molar-refractivity contribution is 5.94. The first-order valence-corrected chi connectivity index (χ1v) is 7.92. The zero-order valence-electron chi connectivity index (χ0n) is 14.1. The zero-order chi connectivity index (χ0) is 17.3. The lowest BCUT2D eigenvalue weighted by Gasteiger charge is -2.11. The molecule has 0 spiro atoms. The second-order valence-electron chi connectivity index (χ2n) is 5.68. The van der Waals surface area contributed by atoms with E-state index >= 15 is 0 Å². The predicted octanol–water partition coefficient (Wildman–Crippen LogP) is 3.08. The number of carbonyl (C=O) groups is 1. The predicted molar refractivity (Wildman–Crippen MR) is 94.0 cm³/mol. The van der Waals surface area contributed by atoms with Crippen molar-refractivity contribution < 1.29 is 9.53 Å². The topological polar surface area (TPSA) is 53.2 Å². The highest BCUT2D eigenvalue weighted by atomic mass is 16.5. The quantitative estimate of drug-likeness (QED) is 0.678. The molecule has 0 atom stereocenters. The molecule has 5 nitrogen and oxygen atoms in total. The highest BCUT2D eigenvalue weighted by Crippen LogP contribution is 2.23. The minimum absolute atomic E-state index is 0.0118. The van der Waals surface area contributed by atoms with Crippen LogP contribution in [0.25, 0.3) is 11.0 Å². The van der Waals surface area contributed by atoms with E-state index in [9.17, 15) is 9.59 Å². The van der Waals surface area contributed by atoms with E-state index in [1.807, 2.05) is 31.2 Å². The first-order chi connectivity index (χ1) is 11.6. The number of Topliss-reactive ketones (excluding diaryl/α,β-unsaturated/α-hetero) is 1. The Balaban J connectivity index is 2.17. The van der Waals surface area contributed by atoms with Gasteiger partial charge in [0, 0.05) is 17.7 Å². The van der Waals surface area contributed by atoms with Gasteiger partial charge in [-0.15, -0.1) is 0 Å². The molecular formula is C19H20N2O3. The summed E-state index contributed by atoms with van der Waals surface area (Å²) in [7, 11) is 1.59. The molecule has 0 unspecified atom stereocenters. The zero-order valence-corrected chi connectivity index (χ0v) is 14.1. The van der Waals surface area contributed by atoms with Crippen LogP contribution in [0.5, 0.6) is 5.75 Å². The maximum absolute atomic E-state index is 12.8. The van der Waals surface area contributed by atoms with E-state index in [4.69, 9.17) is 4.74 Å². The Hall–Kier alpha value is -2.82. The minimum Gasteiger partial charge on any atom is -0.496 e. The van der Waals surface area contributed by atoms with Gasteiger partial charge in [-0.3, -0.25) is 13.9 Å². The average Bonchev–Trinajstić information content (AvgIpc) is 2.86. The van der Waals surface area contributed by atoms with E-state index in [-0.39, 0.29) is 11.5 Å². The van der Waals surface area contributed by atoms with Crippen molar-refractivity contribution in [2.75, 3.05) is 7.11 Å². The van der Waals surface area contributed by atoms with Crippen LogP contribution in [0, 0.1) is 0 Å². The third-order valence-corrected chi connectivity index (χ3v) is 4.26. The maximum atomic E-state index is 12.8. The molecule has 24 heavy (non-hydrogen) atoms. The van der Waals surface area contributed by atoms with Gasteiger partial charge in [-0.25, -0.2) is 4.79 Å². The summed E-state index contributed by atoms with van der Waals surface area (Å²) in [5.41, 5.74) is 3.14. The molecule has 0 aliphatic rings. The van der Waals surface area contributed by atoms with Crippen molar-refractivity contribution in [1.82, 2.24) is 9.13 Å². The smallest absolute Gasteiger partial charge is 0.329 e. The molecule has 0 N–H and O–H groups in total. The molecule has 124 valence electrons. The number of carbonyl (C=O) groups excluding carboxylic acids is 1. The summed E-state index contributed by atoms with van der Waals surface area (Å²) in [4.78, 5) is 24.4. The number of fused-ring (bicyclic) bond motifs is 1. The van der Waals surface area contributed by atoms with Gasteiger partial charge < -0.3 is 4.74 Å². The molecule has 3 rings (SSSR count). The van der Waals surface area contributed by atoms with E-state index in [0.717, 1.165) is 16.6 Å². The molecule has 0 amide bonds. The molecule has 0 saturated carbocycles. The number of hydrogen-bond donors (Lipinski definition) is 0. The number of aromatic nitrogens is 2. The van der Waals surface area contributed by atoms with Crippen molar-refractivity contribution in [3.63, 3.8) is 0 Å². The number of ether oxygens (including phenoxy) is 1. The summed E-state index contributed by atoms with van der Waals surface area (Å²) in [5, 5.41) is 0. The van der Waals surface area contributed by atoms with Crippen molar-refractivity contribution in [3.8, 4) is 5.75 Å². The summed E-state index contributed by atoms with van der Waals surface area (Å²) in [6, 6.07) is 13.0. The Morgan fingerprint density at radius 2 is 1.75 bits per heavy atom. The molecule has 2 aromatic carbocycles. The number of ketones is 1. The van der Waals surface area contributed by atoms with E-state index in [0.29, 0.717) is 24.4 Å². The number of nitrogens with zero attached hydrogens (tertiary/aromatic N) is 2. The summed E-state index contributed by atoms with van der Waals surface area (Å²) in [5.74, 6) is 0.655. The molecule has 0 bridgehead atoms. The fourth-order valence-corrected chi connectivity index (χ4v) is 3.02. The van der Waals surface area contributed by atoms with Crippen molar-refractivity contribution in [3.05, 3.63) is 64.1 Å². The van der Waals surface area contributed by atoms with Gasteiger partial charge in [0.15, 0.2) is 5.78 Å². The first-order valence-electron chi connectivity index (χ1n) is 7.92. The van der Waals surface area contributed by atoms with Gasteiger partial charge in [0.1, 0.15) is 5.75 Å². The molecule has 1 aromatic heterocycles. The molecule has 1 heterocycles. The Labute approximate surface area is 140 Å². The minimum atomic E-state index is -0.0611. The molecule has 3 aromatic rings. The summed E-state index contributed by atoms with van der Waals surface area (Å²) < 4.78 is 8.87. The molecule has 0 saturated heterocycles. The van der Waals surface area contributed by atoms with Crippen LogP contribution in [0.3, 0.4) is 0 Å². The van der Waals surface area contributed by atoms with Gasteiger partial charge in [0.2, 0.25) is 0 Å². The molecule has 5 heteroatoms. The standard InChI is InChI=1S/C19H20N2O3/c1-4-20-16-7-5-6-8-17(16)21(19(20)23)12-15-11-14(13(2)22)9-10-18(15)24-3/h5-11H,4,12H2,1-3H3. The lowest BCUT2D eigenvalue weighted by molar-refractivity contribution is 0.101. The van der Waals surface area contributed by atoms with Crippen molar-refractivity contribution in [1.29, 1.82) is 0 Å². The van der Waals surface area contributed by atoms with Crippen LogP contribution in [0.4, 0.5) is 0 Å². The summed E-state index contributed by atoms with van der Waals surface area (Å²) in [6.07, 6.45) is 0. The van der Waals surface area contributed by atoms with Crippen LogP contribution < -0.4 is 10.4 Å². The molecule has 0 radical (unpaired) electrons. The molecule has 0 fully saturated rings. The highest BCUT2D eigenvalue weighted by Gasteiger charge is 2.14. The SMILES string of the molecule is CCn1c(=O)n(Cc2cc(C(C)=O)ccc2OC)c2ccccc21. The largest absolute Gasteiger partial charge is 0.496 e. The number of hydrogen-bond acceptors (Lipinski definition) is 3. The van der Waals surface area contributed by atoms with Crippen LogP contribution >= 0.6 is 0 Å². The molecule has 0 aliphatic heterocycles. The number of aryl methyl sites for hydroxylation is 1. The Morgan fingerprint density at radius 1 is 1.08 bits per heavy atom. The second kappa shape index (κ2) is 6.35. The second-order valence-corrected chi connectivity index (χ2v) is 5.68. The normalized spacial score (nSPS) is 11.0. The van der Waals surface area contributed by atoms with E-state index in [2.05, 4.69) is 0 Å². The monoisotopic (exact) mass is 324 g/mol. The number of para-hydroxylation sites is 2. The number of methoxy groups -OCH3 is 1. The van der Waals surface area contributed by atoms with Gasteiger partial charge in [0.05, 0.1) is 24.7 Å². The van der Waals surface area contributed by atoms with Crippen molar-refractivity contribution in [2.45, 2.75) is 26.9 Å². The van der Waals surface area contributed by atoms with Crippen LogP contribution in [0.2, 0.25) is 0 Å². The van der Waals surface area contributed by atoms with Crippen molar-refractivity contribution >= 4 is 16.8 Å². The first kappa shape index (κ1) is 16.1. The Kier molecular flexibility index (Phi) is 4.25.